The number of hydrogen-bond donors (Lipinski definition) is 1. The van der Waals surface area contributed by atoms with Gasteiger partial charge in [0.1, 0.15) is 0 Å². The van der Waals surface area contributed by atoms with Crippen LogP contribution in [0.25, 0.3) is 0 Å². The molecule has 2 atom stereocenters. The minimum Gasteiger partial charge on any atom is -0.302 e. The maximum absolute atomic E-state index is 3.75. The standard InChI is InChI=1S/C13H25NS/c1-12(2,3)11-5-4-7-13(8-6-11)14-9-10-15-13/h11,14H,4-10H2,1-3H3. The third-order valence-corrected chi connectivity index (χ3v) is 5.70. The molecule has 1 spiro atoms. The summed E-state index contributed by atoms with van der Waals surface area (Å²) in [6.45, 7) is 8.45. The first-order chi connectivity index (χ1) is 7.02. The zero-order valence-electron chi connectivity index (χ0n) is 10.4. The van der Waals surface area contributed by atoms with Gasteiger partial charge in [0.05, 0.1) is 4.87 Å². The van der Waals surface area contributed by atoms with E-state index in [4.69, 9.17) is 0 Å². The maximum atomic E-state index is 3.75. The Labute approximate surface area is 98.8 Å². The summed E-state index contributed by atoms with van der Waals surface area (Å²) in [6, 6.07) is 0. The van der Waals surface area contributed by atoms with Crippen molar-refractivity contribution in [2.24, 2.45) is 11.3 Å². The Morgan fingerprint density at radius 1 is 1.20 bits per heavy atom. The Balaban J connectivity index is 1.97. The minimum atomic E-state index is 0.472. The van der Waals surface area contributed by atoms with Gasteiger partial charge < -0.3 is 5.32 Å². The smallest absolute Gasteiger partial charge is 0.0646 e. The molecule has 0 bridgehead atoms. The Morgan fingerprint density at radius 3 is 2.60 bits per heavy atom. The molecule has 2 heteroatoms. The van der Waals surface area contributed by atoms with Gasteiger partial charge in [-0.25, -0.2) is 0 Å². The average molecular weight is 227 g/mol. The quantitative estimate of drug-likeness (QED) is 0.678. The van der Waals surface area contributed by atoms with E-state index in [2.05, 4.69) is 37.8 Å². The summed E-state index contributed by atoms with van der Waals surface area (Å²) in [5.41, 5.74) is 0.509. The molecule has 15 heavy (non-hydrogen) atoms. The molecule has 1 nitrogen and oxygen atoms in total. The van der Waals surface area contributed by atoms with Crippen molar-refractivity contribution >= 4 is 11.8 Å². The second-order valence-corrected chi connectivity index (χ2v) is 7.74. The van der Waals surface area contributed by atoms with Crippen LogP contribution >= 0.6 is 11.8 Å². The summed E-state index contributed by atoms with van der Waals surface area (Å²) in [4.78, 5) is 0.472. The largest absolute Gasteiger partial charge is 0.302 e. The van der Waals surface area contributed by atoms with Crippen molar-refractivity contribution in [3.63, 3.8) is 0 Å². The zero-order chi connectivity index (χ0) is 10.9. The summed E-state index contributed by atoms with van der Waals surface area (Å²) in [7, 11) is 0. The van der Waals surface area contributed by atoms with Gasteiger partial charge in [0.25, 0.3) is 0 Å². The molecule has 2 unspecified atom stereocenters. The highest BCUT2D eigenvalue weighted by Crippen LogP contribution is 2.44. The Hall–Kier alpha value is 0.310. The fourth-order valence-corrected chi connectivity index (χ4v) is 4.42. The average Bonchev–Trinajstić information content (AvgIpc) is 2.45. The van der Waals surface area contributed by atoms with E-state index in [-0.39, 0.29) is 0 Å². The van der Waals surface area contributed by atoms with Crippen LogP contribution in [0, 0.1) is 11.3 Å². The van der Waals surface area contributed by atoms with Gasteiger partial charge in [0.2, 0.25) is 0 Å². The van der Waals surface area contributed by atoms with E-state index in [0.717, 1.165) is 5.92 Å². The Kier molecular flexibility index (Phi) is 3.37. The van der Waals surface area contributed by atoms with Gasteiger partial charge in [-0.1, -0.05) is 27.2 Å². The van der Waals surface area contributed by atoms with E-state index in [1.807, 2.05) is 0 Å². The molecular weight excluding hydrogens is 202 g/mol. The van der Waals surface area contributed by atoms with Crippen LogP contribution in [-0.2, 0) is 0 Å². The van der Waals surface area contributed by atoms with Gasteiger partial charge >= 0.3 is 0 Å². The van der Waals surface area contributed by atoms with Crippen LogP contribution in [0.3, 0.4) is 0 Å². The van der Waals surface area contributed by atoms with Crippen molar-refractivity contribution in [2.75, 3.05) is 12.3 Å². The van der Waals surface area contributed by atoms with Crippen LogP contribution < -0.4 is 5.32 Å². The van der Waals surface area contributed by atoms with E-state index < -0.39 is 0 Å². The normalized spacial score (nSPS) is 38.2. The van der Waals surface area contributed by atoms with Gasteiger partial charge in [-0.3, -0.25) is 0 Å². The second-order valence-electron chi connectivity index (χ2n) is 6.26. The summed E-state index contributed by atoms with van der Waals surface area (Å²) in [5, 5.41) is 3.75. The zero-order valence-corrected chi connectivity index (χ0v) is 11.3. The first-order valence-corrected chi connectivity index (χ1v) is 7.39. The molecule has 88 valence electrons. The first-order valence-electron chi connectivity index (χ1n) is 6.41. The fourth-order valence-electron chi connectivity index (χ4n) is 3.07. The Morgan fingerprint density at radius 2 is 2.00 bits per heavy atom. The van der Waals surface area contributed by atoms with Crippen LogP contribution in [0.2, 0.25) is 0 Å². The molecule has 0 amide bonds. The molecule has 1 heterocycles. The molecule has 1 N–H and O–H groups in total. The van der Waals surface area contributed by atoms with Crippen LogP contribution in [0.4, 0.5) is 0 Å². The predicted molar refractivity (Wildman–Crippen MR) is 69.2 cm³/mol. The molecule has 2 aliphatic rings. The lowest BCUT2D eigenvalue weighted by molar-refractivity contribution is 0.213. The summed E-state index contributed by atoms with van der Waals surface area (Å²) < 4.78 is 0. The number of thioether (sulfide) groups is 1. The molecular formula is C13H25NS. The summed E-state index contributed by atoms with van der Waals surface area (Å²) in [6.07, 6.45) is 7.06. The molecule has 2 rings (SSSR count). The lowest BCUT2D eigenvalue weighted by atomic mass is 9.76. The van der Waals surface area contributed by atoms with Gasteiger partial charge in [0.15, 0.2) is 0 Å². The molecule has 0 aromatic carbocycles. The molecule has 1 aliphatic carbocycles. The molecule has 1 aliphatic heterocycles. The van der Waals surface area contributed by atoms with Crippen molar-refractivity contribution in [2.45, 2.75) is 57.7 Å². The summed E-state index contributed by atoms with van der Waals surface area (Å²) >= 11 is 2.18. The Bertz CT molecular complexity index is 213. The van der Waals surface area contributed by atoms with Crippen molar-refractivity contribution in [1.82, 2.24) is 5.32 Å². The molecule has 1 saturated carbocycles. The van der Waals surface area contributed by atoms with Crippen LogP contribution in [0.15, 0.2) is 0 Å². The minimum absolute atomic E-state index is 0.472. The first kappa shape index (κ1) is 11.8. The van der Waals surface area contributed by atoms with Crippen molar-refractivity contribution < 1.29 is 0 Å². The van der Waals surface area contributed by atoms with E-state index in [0.29, 0.717) is 10.3 Å². The lowest BCUT2D eigenvalue weighted by Crippen LogP contribution is -2.36. The number of nitrogens with one attached hydrogen (secondary N) is 1. The van der Waals surface area contributed by atoms with Gasteiger partial charge in [-0.05, 0) is 37.0 Å². The molecule has 0 aromatic heterocycles. The molecule has 0 aromatic rings. The highest BCUT2D eigenvalue weighted by molar-refractivity contribution is 8.00. The lowest BCUT2D eigenvalue weighted by Gasteiger charge is -2.31. The van der Waals surface area contributed by atoms with Crippen molar-refractivity contribution in [3.05, 3.63) is 0 Å². The predicted octanol–water partition coefficient (Wildman–Crippen LogP) is 3.65. The molecule has 0 radical (unpaired) electrons. The molecule has 1 saturated heterocycles. The maximum Gasteiger partial charge on any atom is 0.0646 e. The van der Waals surface area contributed by atoms with Crippen molar-refractivity contribution in [1.29, 1.82) is 0 Å². The topological polar surface area (TPSA) is 12.0 Å². The van der Waals surface area contributed by atoms with E-state index in [1.54, 1.807) is 0 Å². The SMILES string of the molecule is CC(C)(C)C1CCCC2(CC1)NCCS2. The molecule has 2 fully saturated rings. The van der Waals surface area contributed by atoms with Crippen LogP contribution in [-0.4, -0.2) is 17.2 Å². The van der Waals surface area contributed by atoms with Gasteiger partial charge in [0, 0.05) is 12.3 Å². The van der Waals surface area contributed by atoms with Crippen molar-refractivity contribution in [3.8, 4) is 0 Å². The number of hydrogen-bond acceptors (Lipinski definition) is 2. The van der Waals surface area contributed by atoms with Crippen LogP contribution in [0.1, 0.15) is 52.9 Å². The monoisotopic (exact) mass is 227 g/mol. The van der Waals surface area contributed by atoms with E-state index in [1.165, 1.54) is 44.4 Å². The third-order valence-electron chi connectivity index (χ3n) is 4.18. The van der Waals surface area contributed by atoms with Crippen LogP contribution in [0.5, 0.6) is 0 Å². The van der Waals surface area contributed by atoms with Gasteiger partial charge in [-0.15, -0.1) is 11.8 Å². The second kappa shape index (κ2) is 4.29. The van der Waals surface area contributed by atoms with E-state index >= 15 is 0 Å². The van der Waals surface area contributed by atoms with E-state index in [9.17, 15) is 0 Å². The fraction of sp³-hybridized carbons (Fsp3) is 1.00. The van der Waals surface area contributed by atoms with Gasteiger partial charge in [-0.2, -0.15) is 0 Å². The third kappa shape index (κ3) is 2.71. The highest BCUT2D eigenvalue weighted by Gasteiger charge is 2.38. The summed E-state index contributed by atoms with van der Waals surface area (Å²) in [5.74, 6) is 2.25. The number of rotatable bonds is 0. The highest BCUT2D eigenvalue weighted by atomic mass is 32.2.